The minimum Gasteiger partial charge on any atom is -0.364 e. The molecule has 72 heavy (non-hydrogen) atoms. The molecule has 5 unspecified atom stereocenters. The van der Waals surface area contributed by atoms with E-state index in [-0.39, 0.29) is 0 Å². The van der Waals surface area contributed by atoms with Crippen molar-refractivity contribution >= 4 is 34.3 Å². The second-order valence-electron chi connectivity index (χ2n) is 22.7. The molecule has 1 saturated carbocycles. The minimum absolute atomic E-state index is 0.352. The Labute approximate surface area is 429 Å². The molecule has 0 spiro atoms. The first kappa shape index (κ1) is 44.4. The molecule has 0 amide bonds. The quantitative estimate of drug-likeness (QED) is 0.198. The Morgan fingerprint density at radius 3 is 2.42 bits per heavy atom. The van der Waals surface area contributed by atoms with Crippen molar-refractivity contribution in [3.8, 4) is 0 Å². The van der Waals surface area contributed by atoms with Gasteiger partial charge in [0.1, 0.15) is 0 Å². The molecule has 364 valence electrons. The van der Waals surface area contributed by atoms with Crippen molar-refractivity contribution in [1.29, 1.82) is 0 Å². The summed E-state index contributed by atoms with van der Waals surface area (Å²) in [4.78, 5) is 11.1. The molecule has 0 saturated heterocycles. The lowest BCUT2D eigenvalue weighted by molar-refractivity contribution is 0.169. The Hall–Kier alpha value is -6.26. The number of allylic oxidation sites excluding steroid dienone is 16. The Balaban J connectivity index is 0.799. The number of hydrogen-bond donors (Lipinski definition) is 0. The van der Waals surface area contributed by atoms with E-state index in [9.17, 15) is 0 Å². The van der Waals surface area contributed by atoms with Crippen molar-refractivity contribution < 1.29 is 0 Å². The molecule has 4 heteroatoms. The lowest BCUT2D eigenvalue weighted by Gasteiger charge is -2.45. The molecule has 1 fully saturated rings. The third-order valence-corrected chi connectivity index (χ3v) is 18.8. The third-order valence-electron chi connectivity index (χ3n) is 18.8. The van der Waals surface area contributed by atoms with Crippen LogP contribution in [0.3, 0.4) is 0 Å². The number of hydrogen-bond acceptors (Lipinski definition) is 4. The number of anilines is 3. The zero-order valence-corrected chi connectivity index (χ0v) is 42.4. The van der Waals surface area contributed by atoms with Gasteiger partial charge in [-0.15, -0.1) is 0 Å². The Kier molecular flexibility index (Phi) is 11.7. The van der Waals surface area contributed by atoms with E-state index in [1.165, 1.54) is 144 Å². The lowest BCUT2D eigenvalue weighted by atomic mass is 9.73. The van der Waals surface area contributed by atoms with E-state index >= 15 is 0 Å². The van der Waals surface area contributed by atoms with E-state index in [1.54, 1.807) is 11.3 Å². The molecule has 2 aliphatic heterocycles. The SMILES string of the molecule is C1=CC2[C@@H](C=C1)C1=C(CCC(N(c3ccc(C4=CC=C(N(C5=CCC6C(=C5)c5ccccc5N6C5=CCCCC5)C5C=CCC6C=CCCC65)CC4)cc3)c3cccc4c3CCC=C4)=C1)N2C1CCCCC1. The largest absolute Gasteiger partial charge is 0.364 e. The van der Waals surface area contributed by atoms with Gasteiger partial charge in [0.25, 0.3) is 0 Å². The molecule has 14 rings (SSSR count). The van der Waals surface area contributed by atoms with E-state index in [4.69, 9.17) is 0 Å². The predicted molar refractivity (Wildman–Crippen MR) is 301 cm³/mol. The van der Waals surface area contributed by atoms with Gasteiger partial charge in [0, 0.05) is 63.1 Å². The van der Waals surface area contributed by atoms with Crippen LogP contribution in [0.25, 0.3) is 17.2 Å². The fraction of sp³-hybridized carbons (Fsp3) is 0.382. The van der Waals surface area contributed by atoms with Crippen molar-refractivity contribution in [2.45, 2.75) is 146 Å². The van der Waals surface area contributed by atoms with Crippen LogP contribution in [0.4, 0.5) is 17.1 Å². The summed E-state index contributed by atoms with van der Waals surface area (Å²) >= 11 is 0. The summed E-state index contributed by atoms with van der Waals surface area (Å²) in [5.41, 5.74) is 21.6. The molecule has 9 aliphatic carbocycles. The molecule has 11 aliphatic rings. The highest BCUT2D eigenvalue weighted by molar-refractivity contribution is 5.91. The maximum absolute atomic E-state index is 2.89. The summed E-state index contributed by atoms with van der Waals surface area (Å²) in [6.45, 7) is 0. The van der Waals surface area contributed by atoms with Gasteiger partial charge >= 0.3 is 0 Å². The first-order valence-electron chi connectivity index (χ1n) is 28.5. The average Bonchev–Trinajstić information content (AvgIpc) is 3.96. The van der Waals surface area contributed by atoms with E-state index in [2.05, 4.69) is 184 Å². The van der Waals surface area contributed by atoms with E-state index in [1.807, 2.05) is 0 Å². The minimum atomic E-state index is 0.352. The van der Waals surface area contributed by atoms with Gasteiger partial charge in [-0.25, -0.2) is 0 Å². The maximum atomic E-state index is 2.89. The van der Waals surface area contributed by atoms with Crippen LogP contribution in [0.1, 0.15) is 138 Å². The molecule has 0 bridgehead atoms. The summed E-state index contributed by atoms with van der Waals surface area (Å²) in [5, 5.41) is 0. The van der Waals surface area contributed by atoms with Gasteiger partial charge in [-0.05, 0) is 190 Å². The Morgan fingerprint density at radius 2 is 1.53 bits per heavy atom. The number of para-hydroxylation sites is 1. The van der Waals surface area contributed by atoms with Crippen molar-refractivity contribution in [2.75, 3.05) is 9.80 Å². The smallest absolute Gasteiger partial charge is 0.0631 e. The van der Waals surface area contributed by atoms with Crippen molar-refractivity contribution in [3.63, 3.8) is 0 Å². The van der Waals surface area contributed by atoms with Crippen LogP contribution in [0.2, 0.25) is 0 Å². The second-order valence-corrected chi connectivity index (χ2v) is 22.7. The molecule has 0 radical (unpaired) electrons. The Bertz CT molecular complexity index is 3020. The molecule has 0 N–H and O–H groups in total. The first-order valence-corrected chi connectivity index (χ1v) is 28.5. The van der Waals surface area contributed by atoms with Crippen LogP contribution in [0.15, 0.2) is 192 Å². The molecule has 4 nitrogen and oxygen atoms in total. The predicted octanol–water partition coefficient (Wildman–Crippen LogP) is 16.8. The zero-order valence-electron chi connectivity index (χ0n) is 42.4. The Morgan fingerprint density at radius 1 is 0.625 bits per heavy atom. The third kappa shape index (κ3) is 7.77. The van der Waals surface area contributed by atoms with Crippen molar-refractivity contribution in [3.05, 3.63) is 214 Å². The van der Waals surface area contributed by atoms with Crippen LogP contribution in [0.5, 0.6) is 0 Å². The van der Waals surface area contributed by atoms with Gasteiger partial charge in [-0.3, -0.25) is 0 Å². The topological polar surface area (TPSA) is 13.0 Å². The van der Waals surface area contributed by atoms with Crippen LogP contribution in [-0.4, -0.2) is 34.0 Å². The molecule has 3 aromatic carbocycles. The van der Waals surface area contributed by atoms with Gasteiger partial charge in [0.15, 0.2) is 0 Å². The first-order chi connectivity index (χ1) is 35.7. The van der Waals surface area contributed by atoms with Crippen molar-refractivity contribution in [2.24, 2.45) is 17.8 Å². The van der Waals surface area contributed by atoms with Crippen LogP contribution in [0, 0.1) is 17.8 Å². The van der Waals surface area contributed by atoms with Gasteiger partial charge in [-0.2, -0.15) is 0 Å². The van der Waals surface area contributed by atoms with Gasteiger partial charge in [0.2, 0.25) is 0 Å². The van der Waals surface area contributed by atoms with Gasteiger partial charge in [-0.1, -0.05) is 141 Å². The van der Waals surface area contributed by atoms with E-state index in [0.717, 1.165) is 51.4 Å². The van der Waals surface area contributed by atoms with Crippen LogP contribution in [-0.2, 0) is 6.42 Å². The van der Waals surface area contributed by atoms with Gasteiger partial charge < -0.3 is 19.6 Å². The molecular formula is C68H72N4. The highest BCUT2D eigenvalue weighted by Gasteiger charge is 2.44. The normalized spacial score (nSPS) is 28.1. The summed E-state index contributed by atoms with van der Waals surface area (Å²) < 4.78 is 0. The highest BCUT2D eigenvalue weighted by Crippen LogP contribution is 2.52. The van der Waals surface area contributed by atoms with E-state index < -0.39 is 0 Å². The summed E-state index contributed by atoms with van der Waals surface area (Å²) in [6, 6.07) is 27.8. The fourth-order valence-electron chi connectivity index (χ4n) is 15.4. The summed E-state index contributed by atoms with van der Waals surface area (Å²) in [5.74, 6) is 1.66. The number of nitrogens with zero attached hydrogens (tertiary/aromatic N) is 4. The summed E-state index contributed by atoms with van der Waals surface area (Å²) in [6.07, 6.45) is 62.6. The highest BCUT2D eigenvalue weighted by atomic mass is 15.2. The van der Waals surface area contributed by atoms with Crippen LogP contribution < -0.4 is 9.80 Å². The number of rotatable bonds is 9. The summed E-state index contributed by atoms with van der Waals surface area (Å²) in [7, 11) is 0. The lowest BCUT2D eigenvalue weighted by Crippen LogP contribution is -2.43. The number of fused-ring (bicyclic) bond motifs is 7. The second kappa shape index (κ2) is 19.0. The molecule has 6 atom stereocenters. The molecular weight excluding hydrogens is 873 g/mol. The monoisotopic (exact) mass is 945 g/mol. The molecule has 3 aromatic rings. The van der Waals surface area contributed by atoms with Crippen LogP contribution >= 0.6 is 0 Å². The molecule has 2 heterocycles. The maximum Gasteiger partial charge on any atom is 0.0631 e. The van der Waals surface area contributed by atoms with Gasteiger partial charge in [0.05, 0.1) is 18.1 Å². The number of benzene rings is 3. The average molecular weight is 945 g/mol. The standard InChI is InChI=1S/C68H72N4/c1-3-21-51(22-4-1)71-65-29-13-11-27-59(65)61-45-55(41-43-67(61)71)69(63-31-15-19-49-17-7-9-25-57(49)63)53-37-33-47(34-38-53)48-35-39-54(40-36-48)70(64-32-16-20-50-18-8-10-26-58(50)64)56-42-44-68-62(46-56)60-28-12-14-30-66(60)72(68)52-23-5-2-6-24-52/h7-8,11-19,23,27-35,37-39,42,45-46,50-51,58-59,64-65,68H,1-6,9-10,20-22,24-26,36,40-41,43-44H2/t50?,58?,59-,64?,65?,68?/m0/s1. The zero-order chi connectivity index (χ0) is 47.5. The van der Waals surface area contributed by atoms with Crippen molar-refractivity contribution in [1.82, 2.24) is 9.80 Å². The molecule has 0 aromatic heterocycles. The van der Waals surface area contributed by atoms with E-state index in [0.29, 0.717) is 41.9 Å². The fourth-order valence-corrected chi connectivity index (χ4v) is 15.4.